The molecule has 0 bridgehead atoms. The number of hydrogen-bond donors (Lipinski definition) is 1. The maximum Gasteiger partial charge on any atom is 0.108 e. The second kappa shape index (κ2) is 3.61. The van der Waals surface area contributed by atoms with Crippen molar-refractivity contribution in [1.82, 2.24) is 0 Å². The largest absolute Gasteiger partial charge is 0.511 e. The molecule has 68 valence electrons. The van der Waals surface area contributed by atoms with Crippen molar-refractivity contribution in [3.63, 3.8) is 0 Å². The highest BCUT2D eigenvalue weighted by molar-refractivity contribution is 14.1. The number of allylic oxidation sites excluding steroid dienone is 1. The van der Waals surface area contributed by atoms with Crippen LogP contribution in [-0.4, -0.2) is 5.11 Å². The van der Waals surface area contributed by atoms with Gasteiger partial charge in [-0.15, -0.1) is 0 Å². The molecule has 2 rings (SSSR count). The maximum absolute atomic E-state index is 9.62. The number of alkyl halides is 1. The van der Waals surface area contributed by atoms with Crippen LogP contribution in [0.5, 0.6) is 0 Å². The van der Waals surface area contributed by atoms with Gasteiger partial charge in [-0.05, 0) is 27.1 Å². The summed E-state index contributed by atoms with van der Waals surface area (Å²) in [4.78, 5) is 0. The van der Waals surface area contributed by atoms with Gasteiger partial charge in [-0.25, -0.2) is 0 Å². The topological polar surface area (TPSA) is 20.2 Å². The molecule has 0 radical (unpaired) electrons. The lowest BCUT2D eigenvalue weighted by Crippen LogP contribution is -2.03. The lowest BCUT2D eigenvalue weighted by atomic mass is 9.96. The number of hydrogen-bond acceptors (Lipinski definition) is 1. The molecule has 0 saturated heterocycles. The summed E-state index contributed by atoms with van der Waals surface area (Å²) in [7, 11) is 0. The first-order valence-electron chi connectivity index (χ1n) is 4.01. The predicted molar refractivity (Wildman–Crippen MR) is 66.3 cm³/mol. The average Bonchev–Trinajstić information content (AvgIpc) is 2.15. The van der Waals surface area contributed by atoms with Crippen LogP contribution in [0.1, 0.15) is 21.5 Å². The van der Waals surface area contributed by atoms with Crippen molar-refractivity contribution in [2.45, 2.75) is 10.3 Å². The molecular weight excluding hydrogens is 343 g/mol. The van der Waals surface area contributed by atoms with Gasteiger partial charge in [0, 0.05) is 10.3 Å². The van der Waals surface area contributed by atoms with E-state index < -0.39 is 0 Å². The molecule has 0 amide bonds. The van der Waals surface area contributed by atoms with Crippen molar-refractivity contribution in [2.24, 2.45) is 0 Å². The summed E-state index contributed by atoms with van der Waals surface area (Å²) in [6.07, 6.45) is 0.720. The Morgan fingerprint density at radius 1 is 1.38 bits per heavy atom. The van der Waals surface area contributed by atoms with Crippen molar-refractivity contribution in [3.05, 3.63) is 41.2 Å². The van der Waals surface area contributed by atoms with Crippen molar-refractivity contribution in [3.8, 4) is 0 Å². The second-order valence-electron chi connectivity index (χ2n) is 3.02. The van der Waals surface area contributed by atoms with E-state index in [4.69, 9.17) is 0 Å². The maximum atomic E-state index is 9.62. The van der Waals surface area contributed by atoms with Crippen LogP contribution in [0.15, 0.2) is 30.0 Å². The molecular formula is C10H8BrIO. The monoisotopic (exact) mass is 350 g/mol. The van der Waals surface area contributed by atoms with Crippen molar-refractivity contribution in [2.75, 3.05) is 0 Å². The number of rotatable bonds is 0. The summed E-state index contributed by atoms with van der Waals surface area (Å²) in [5.41, 5.74) is 2.42. The van der Waals surface area contributed by atoms with E-state index in [0.29, 0.717) is 9.68 Å². The fourth-order valence-corrected chi connectivity index (χ4v) is 2.98. The number of benzene rings is 1. The first-order valence-corrected chi connectivity index (χ1v) is 6.05. The molecule has 13 heavy (non-hydrogen) atoms. The van der Waals surface area contributed by atoms with E-state index in [0.717, 1.165) is 16.5 Å². The molecule has 1 aliphatic carbocycles. The molecule has 1 aromatic carbocycles. The molecule has 0 fully saturated rings. The molecule has 0 aromatic heterocycles. The molecule has 1 nitrogen and oxygen atoms in total. The lowest BCUT2D eigenvalue weighted by Gasteiger charge is -2.20. The van der Waals surface area contributed by atoms with Gasteiger partial charge in [0.05, 0.1) is 4.48 Å². The van der Waals surface area contributed by atoms with Gasteiger partial charge in [-0.1, -0.05) is 46.9 Å². The fourth-order valence-electron chi connectivity index (χ4n) is 1.49. The number of halogens is 2. The predicted octanol–water partition coefficient (Wildman–Crippen LogP) is 4.19. The molecule has 0 heterocycles. The molecule has 1 aliphatic rings. The number of aliphatic hydroxyl groups excluding tert-OH is 1. The normalized spacial score (nSPS) is 21.5. The summed E-state index contributed by atoms with van der Waals surface area (Å²) >= 11 is 5.76. The summed E-state index contributed by atoms with van der Waals surface area (Å²) in [6, 6.07) is 8.16. The van der Waals surface area contributed by atoms with E-state index in [2.05, 4.69) is 44.6 Å². The highest BCUT2D eigenvalue weighted by Crippen LogP contribution is 2.43. The Hall–Kier alpha value is -0.0300. The zero-order valence-corrected chi connectivity index (χ0v) is 10.5. The van der Waals surface area contributed by atoms with Gasteiger partial charge in [0.1, 0.15) is 5.76 Å². The Bertz CT molecular complexity index is 373. The van der Waals surface area contributed by atoms with Gasteiger partial charge in [-0.2, -0.15) is 0 Å². The van der Waals surface area contributed by atoms with Crippen molar-refractivity contribution >= 4 is 43.0 Å². The van der Waals surface area contributed by atoms with Crippen LogP contribution in [0.2, 0.25) is 0 Å². The standard InChI is InChI=1S/C10H8BrIO/c11-10-7-4-2-1-3-6(7)8(12)5-9(10)13/h1-4,8,13H,5H2. The van der Waals surface area contributed by atoms with E-state index in [1.807, 2.05) is 18.2 Å². The molecule has 1 atom stereocenters. The van der Waals surface area contributed by atoms with Crippen LogP contribution >= 0.6 is 38.5 Å². The molecule has 0 spiro atoms. The molecule has 0 aliphatic heterocycles. The van der Waals surface area contributed by atoms with Gasteiger partial charge in [0.15, 0.2) is 0 Å². The minimum atomic E-state index is 0.384. The van der Waals surface area contributed by atoms with Gasteiger partial charge in [0.2, 0.25) is 0 Å². The van der Waals surface area contributed by atoms with E-state index in [9.17, 15) is 5.11 Å². The van der Waals surface area contributed by atoms with Crippen molar-refractivity contribution in [1.29, 1.82) is 0 Å². The van der Waals surface area contributed by atoms with Gasteiger partial charge >= 0.3 is 0 Å². The van der Waals surface area contributed by atoms with Gasteiger partial charge in [-0.3, -0.25) is 0 Å². The second-order valence-corrected chi connectivity index (χ2v) is 5.32. The number of aliphatic hydroxyl groups is 1. The minimum Gasteiger partial charge on any atom is -0.511 e. The summed E-state index contributed by atoms with van der Waals surface area (Å²) < 4.78 is 1.23. The zero-order valence-electron chi connectivity index (χ0n) is 6.80. The van der Waals surface area contributed by atoms with E-state index >= 15 is 0 Å². The van der Waals surface area contributed by atoms with Crippen LogP contribution in [0, 0.1) is 0 Å². The molecule has 1 N–H and O–H groups in total. The van der Waals surface area contributed by atoms with Crippen LogP contribution in [0.4, 0.5) is 0 Å². The van der Waals surface area contributed by atoms with Crippen LogP contribution in [0.3, 0.4) is 0 Å². The Labute approximate surface area is 99.1 Å². The third-order valence-corrected chi connectivity index (χ3v) is 4.16. The molecule has 1 unspecified atom stereocenters. The highest BCUT2D eigenvalue weighted by atomic mass is 127. The minimum absolute atomic E-state index is 0.384. The third-order valence-electron chi connectivity index (χ3n) is 2.16. The van der Waals surface area contributed by atoms with Crippen LogP contribution in [-0.2, 0) is 0 Å². The first-order chi connectivity index (χ1) is 6.20. The Morgan fingerprint density at radius 3 is 2.85 bits per heavy atom. The SMILES string of the molecule is OC1=C(Br)c2ccccc2C(I)C1. The summed E-state index contributed by atoms with van der Waals surface area (Å²) in [5, 5.41) is 9.62. The lowest BCUT2D eigenvalue weighted by molar-refractivity contribution is 0.391. The summed E-state index contributed by atoms with van der Waals surface area (Å²) in [5.74, 6) is 0.457. The van der Waals surface area contributed by atoms with E-state index in [1.165, 1.54) is 5.56 Å². The molecule has 1 aromatic rings. The fraction of sp³-hybridized carbons (Fsp3) is 0.200. The Balaban J connectivity index is 2.62. The van der Waals surface area contributed by atoms with E-state index in [1.54, 1.807) is 0 Å². The quantitative estimate of drug-likeness (QED) is 0.549. The molecule has 3 heteroatoms. The average molecular weight is 351 g/mol. The van der Waals surface area contributed by atoms with Crippen molar-refractivity contribution < 1.29 is 5.11 Å². The van der Waals surface area contributed by atoms with Gasteiger partial charge in [0.25, 0.3) is 0 Å². The Morgan fingerprint density at radius 2 is 2.08 bits per heavy atom. The number of fused-ring (bicyclic) bond motifs is 1. The van der Waals surface area contributed by atoms with Crippen LogP contribution in [0.25, 0.3) is 4.48 Å². The van der Waals surface area contributed by atoms with Gasteiger partial charge < -0.3 is 5.11 Å². The Kier molecular flexibility index (Phi) is 2.65. The molecule has 0 saturated carbocycles. The van der Waals surface area contributed by atoms with E-state index in [-0.39, 0.29) is 0 Å². The smallest absolute Gasteiger partial charge is 0.108 e. The first kappa shape index (κ1) is 9.52. The third kappa shape index (κ3) is 1.64. The van der Waals surface area contributed by atoms with Crippen LogP contribution < -0.4 is 0 Å². The zero-order chi connectivity index (χ0) is 9.42. The highest BCUT2D eigenvalue weighted by Gasteiger charge is 2.22. The summed E-state index contributed by atoms with van der Waals surface area (Å²) in [6.45, 7) is 0.